The van der Waals surface area contributed by atoms with Crippen molar-refractivity contribution >= 4 is 23.3 Å². The second kappa shape index (κ2) is 13.1. The molecule has 43 heavy (non-hydrogen) atoms. The summed E-state index contributed by atoms with van der Waals surface area (Å²) in [6, 6.07) is 14.4. The molecule has 228 valence electrons. The zero-order chi connectivity index (χ0) is 29.9. The van der Waals surface area contributed by atoms with Gasteiger partial charge in [-0.05, 0) is 78.6 Å². The Morgan fingerprint density at radius 2 is 1.88 bits per heavy atom. The van der Waals surface area contributed by atoms with Crippen molar-refractivity contribution in [2.75, 3.05) is 32.1 Å². The maximum absolute atomic E-state index is 12.8. The fraction of sp³-hybridized carbons (Fsp3) is 0.486. The van der Waals surface area contributed by atoms with Crippen LogP contribution in [0.5, 0.6) is 11.5 Å². The molecular weight excluding hydrogens is 562 g/mol. The van der Waals surface area contributed by atoms with Crippen LogP contribution >= 0.6 is 11.6 Å². The van der Waals surface area contributed by atoms with Gasteiger partial charge < -0.3 is 19.1 Å². The Bertz CT molecular complexity index is 1430. The fourth-order valence-corrected chi connectivity index (χ4v) is 7.11. The molecule has 0 amide bonds. The second-order valence-corrected chi connectivity index (χ2v) is 12.7. The van der Waals surface area contributed by atoms with Crippen molar-refractivity contribution in [1.82, 2.24) is 9.88 Å². The molecule has 0 spiro atoms. The molecule has 1 saturated carbocycles. The molecule has 0 bridgehead atoms. The molecular formula is C35H42ClN3O4. The number of pyridine rings is 1. The summed E-state index contributed by atoms with van der Waals surface area (Å²) in [5.41, 5.74) is 5.63. The number of carbonyl (C=O) groups is 1. The smallest absolute Gasteiger partial charge is 0.323 e. The number of aromatic nitrogens is 1. The van der Waals surface area contributed by atoms with Crippen LogP contribution in [-0.2, 0) is 22.5 Å². The van der Waals surface area contributed by atoms with Gasteiger partial charge in [0.05, 0.1) is 17.8 Å². The maximum Gasteiger partial charge on any atom is 0.323 e. The number of fused-ring (bicyclic) bond motifs is 2. The highest BCUT2D eigenvalue weighted by Gasteiger charge is 2.35. The highest BCUT2D eigenvalue weighted by Crippen LogP contribution is 2.41. The normalized spacial score (nSPS) is 21.3. The number of anilines is 1. The summed E-state index contributed by atoms with van der Waals surface area (Å²) in [4.78, 5) is 21.7. The van der Waals surface area contributed by atoms with Crippen molar-refractivity contribution in [3.8, 4) is 11.5 Å². The number of hydrogen-bond acceptors (Lipinski definition) is 7. The highest BCUT2D eigenvalue weighted by molar-refractivity contribution is 6.30. The average molecular weight is 604 g/mol. The monoisotopic (exact) mass is 603 g/mol. The number of carbonyl (C=O) groups excluding carboxylic acids is 1. The number of halogens is 1. The second-order valence-electron chi connectivity index (χ2n) is 12.2. The van der Waals surface area contributed by atoms with Gasteiger partial charge in [0.1, 0.15) is 29.7 Å². The molecule has 0 radical (unpaired) electrons. The van der Waals surface area contributed by atoms with Crippen LogP contribution in [0, 0.1) is 5.92 Å². The molecule has 3 atom stereocenters. The molecule has 1 fully saturated rings. The van der Waals surface area contributed by atoms with E-state index in [-0.39, 0.29) is 24.2 Å². The number of methoxy groups -OCH3 is 1. The third kappa shape index (κ3) is 6.63. The van der Waals surface area contributed by atoms with Crippen molar-refractivity contribution in [2.45, 2.75) is 76.7 Å². The molecule has 3 aromatic rings. The van der Waals surface area contributed by atoms with Gasteiger partial charge in [-0.15, -0.1) is 0 Å². The first-order valence-electron chi connectivity index (χ1n) is 15.6. The Morgan fingerprint density at radius 3 is 2.60 bits per heavy atom. The lowest BCUT2D eigenvalue weighted by atomic mass is 9.91. The number of benzene rings is 2. The number of ether oxygens (including phenoxy) is 3. The summed E-state index contributed by atoms with van der Waals surface area (Å²) in [6.45, 7) is 4.64. The minimum Gasteiger partial charge on any atom is -0.486 e. The Kier molecular flexibility index (Phi) is 9.10. The number of nitrogens with zero attached hydrogens (tertiary/aromatic N) is 3. The topological polar surface area (TPSA) is 64.1 Å². The van der Waals surface area contributed by atoms with Crippen molar-refractivity contribution in [1.29, 1.82) is 0 Å². The molecule has 0 saturated heterocycles. The van der Waals surface area contributed by atoms with Crippen LogP contribution in [-0.4, -0.2) is 49.1 Å². The molecule has 3 heterocycles. The van der Waals surface area contributed by atoms with E-state index in [1.165, 1.54) is 43.9 Å². The van der Waals surface area contributed by atoms with Gasteiger partial charge in [0.15, 0.2) is 0 Å². The third-order valence-corrected chi connectivity index (χ3v) is 9.56. The minimum atomic E-state index is -0.232. The quantitative estimate of drug-likeness (QED) is 0.250. The summed E-state index contributed by atoms with van der Waals surface area (Å²) in [5.74, 6) is 2.23. The van der Waals surface area contributed by atoms with Crippen LogP contribution in [0.2, 0.25) is 5.02 Å². The first kappa shape index (κ1) is 29.8. The average Bonchev–Trinajstić information content (AvgIpc) is 3.48. The van der Waals surface area contributed by atoms with Crippen LogP contribution in [0.1, 0.15) is 79.9 Å². The molecule has 3 aliphatic rings. The summed E-state index contributed by atoms with van der Waals surface area (Å²) in [6.07, 6.45) is 10.7. The molecule has 6 rings (SSSR count). The number of rotatable bonds is 8. The summed E-state index contributed by atoms with van der Waals surface area (Å²) in [7, 11) is 3.62. The lowest BCUT2D eigenvalue weighted by Gasteiger charge is -2.37. The van der Waals surface area contributed by atoms with Crippen molar-refractivity contribution in [3.05, 3.63) is 82.1 Å². The molecule has 1 aliphatic carbocycles. The van der Waals surface area contributed by atoms with Crippen molar-refractivity contribution in [3.63, 3.8) is 0 Å². The predicted octanol–water partition coefficient (Wildman–Crippen LogP) is 7.32. The van der Waals surface area contributed by atoms with Crippen LogP contribution in [0.3, 0.4) is 0 Å². The first-order valence-corrected chi connectivity index (χ1v) is 16.0. The van der Waals surface area contributed by atoms with Crippen molar-refractivity contribution in [2.24, 2.45) is 5.92 Å². The van der Waals surface area contributed by atoms with Gasteiger partial charge in [-0.2, -0.15) is 0 Å². The van der Waals surface area contributed by atoms with Crippen LogP contribution in [0.15, 0.2) is 54.9 Å². The van der Waals surface area contributed by atoms with Crippen LogP contribution in [0.25, 0.3) is 0 Å². The Morgan fingerprint density at radius 1 is 1.09 bits per heavy atom. The summed E-state index contributed by atoms with van der Waals surface area (Å²) >= 11 is 6.16. The van der Waals surface area contributed by atoms with E-state index in [2.05, 4.69) is 53.0 Å². The van der Waals surface area contributed by atoms with E-state index in [1.54, 1.807) is 6.20 Å². The minimum absolute atomic E-state index is 0.0732. The van der Waals surface area contributed by atoms with Crippen LogP contribution < -0.4 is 14.4 Å². The SMILES string of the molecule is CC[C@@H](Oc1ccc([C@H]2CCN(C)c3cc4c(cc3O2)CN(CC2CCCC2)[C@H](C(=O)OC)C4)cc1)c1cncc(Cl)c1. The van der Waals surface area contributed by atoms with Gasteiger partial charge in [0, 0.05) is 51.1 Å². The Balaban J connectivity index is 1.20. The lowest BCUT2D eigenvalue weighted by Crippen LogP contribution is -2.47. The Labute approximate surface area is 260 Å². The summed E-state index contributed by atoms with van der Waals surface area (Å²) in [5, 5.41) is 0.608. The molecule has 2 aromatic carbocycles. The number of esters is 1. The van der Waals surface area contributed by atoms with E-state index in [0.717, 1.165) is 60.8 Å². The molecule has 2 aliphatic heterocycles. The van der Waals surface area contributed by atoms with E-state index in [4.69, 9.17) is 25.8 Å². The fourth-order valence-electron chi connectivity index (χ4n) is 6.93. The van der Waals surface area contributed by atoms with Gasteiger partial charge in [0.25, 0.3) is 0 Å². The zero-order valence-electron chi connectivity index (χ0n) is 25.4. The van der Waals surface area contributed by atoms with E-state index in [0.29, 0.717) is 17.4 Å². The molecule has 7 nitrogen and oxygen atoms in total. The molecule has 8 heteroatoms. The maximum atomic E-state index is 12.8. The summed E-state index contributed by atoms with van der Waals surface area (Å²) < 4.78 is 18.3. The van der Waals surface area contributed by atoms with Gasteiger partial charge in [-0.1, -0.05) is 43.5 Å². The molecule has 0 N–H and O–H groups in total. The number of hydrogen-bond donors (Lipinski definition) is 0. The van der Waals surface area contributed by atoms with E-state index in [9.17, 15) is 4.79 Å². The van der Waals surface area contributed by atoms with Gasteiger partial charge in [-0.25, -0.2) is 0 Å². The lowest BCUT2D eigenvalue weighted by molar-refractivity contribution is -0.148. The van der Waals surface area contributed by atoms with E-state index >= 15 is 0 Å². The molecule has 1 aromatic heterocycles. The first-order chi connectivity index (χ1) is 20.9. The van der Waals surface area contributed by atoms with Crippen molar-refractivity contribution < 1.29 is 19.0 Å². The van der Waals surface area contributed by atoms with E-state index < -0.39 is 0 Å². The van der Waals surface area contributed by atoms with Crippen LogP contribution in [0.4, 0.5) is 5.69 Å². The van der Waals surface area contributed by atoms with Gasteiger partial charge in [-0.3, -0.25) is 14.7 Å². The van der Waals surface area contributed by atoms with Gasteiger partial charge >= 0.3 is 5.97 Å². The van der Waals surface area contributed by atoms with E-state index in [1.807, 2.05) is 24.4 Å². The van der Waals surface area contributed by atoms with Gasteiger partial charge in [0.2, 0.25) is 0 Å². The standard InChI is InChI=1S/C35H42ClN3O4/c1-4-32(26-15-28(36)20-37-19-26)42-29-11-9-24(10-12-29)33-13-14-38(2)30-16-25-17-31(35(40)41-3)39(21-23-7-5-6-8-23)22-27(25)18-34(30)43-33/h9-12,15-16,18-20,23,31-33H,4-8,13-14,17,21-22H2,1-3H3/t31-,32+,33+/m0/s1. The molecule has 0 unspecified atom stereocenters. The largest absolute Gasteiger partial charge is 0.486 e. The highest BCUT2D eigenvalue weighted by atomic mass is 35.5. The Hall–Kier alpha value is -3.29. The zero-order valence-corrected chi connectivity index (χ0v) is 26.2. The predicted molar refractivity (Wildman–Crippen MR) is 169 cm³/mol. The third-order valence-electron chi connectivity index (χ3n) is 9.36.